The first-order valence-electron chi connectivity index (χ1n) is 7.70. The molecule has 0 aliphatic rings. The van der Waals surface area contributed by atoms with Gasteiger partial charge in [0.25, 0.3) is 5.56 Å². The number of aromatic amines is 1. The smallest absolute Gasteiger partial charge is 0.260 e. The van der Waals surface area contributed by atoms with Crippen LogP contribution in [0, 0.1) is 11.7 Å². The summed E-state index contributed by atoms with van der Waals surface area (Å²) in [6, 6.07) is 10.0. The lowest BCUT2D eigenvalue weighted by Crippen LogP contribution is -2.13. The predicted molar refractivity (Wildman–Crippen MR) is 87.7 cm³/mol. The van der Waals surface area contributed by atoms with Crippen LogP contribution in [-0.4, -0.2) is 15.0 Å². The maximum atomic E-state index is 12.9. The summed E-state index contributed by atoms with van der Waals surface area (Å²) in [5.41, 5.74) is 1.45. The van der Waals surface area contributed by atoms with Gasteiger partial charge in [-0.25, -0.2) is 14.4 Å². The third-order valence-electron chi connectivity index (χ3n) is 3.90. The van der Waals surface area contributed by atoms with Gasteiger partial charge >= 0.3 is 0 Å². The number of benzene rings is 1. The SMILES string of the molecule is CC(CCc1nc2ncccc2c(=O)[nH]1)Cc1ccc(F)cc1. The van der Waals surface area contributed by atoms with Crippen molar-refractivity contribution in [1.82, 2.24) is 15.0 Å². The molecule has 1 aromatic carbocycles. The normalized spacial score (nSPS) is 12.4. The molecule has 0 bridgehead atoms. The number of aryl methyl sites for hydroxylation is 1. The third-order valence-corrected chi connectivity index (χ3v) is 3.90. The van der Waals surface area contributed by atoms with Crippen LogP contribution in [0.15, 0.2) is 47.4 Å². The van der Waals surface area contributed by atoms with E-state index in [2.05, 4.69) is 21.9 Å². The van der Waals surface area contributed by atoms with E-state index < -0.39 is 0 Å². The molecule has 0 amide bonds. The molecule has 3 rings (SSSR count). The minimum atomic E-state index is -0.216. The van der Waals surface area contributed by atoms with Crippen molar-refractivity contribution in [1.29, 1.82) is 0 Å². The molecule has 23 heavy (non-hydrogen) atoms. The van der Waals surface area contributed by atoms with Gasteiger partial charge in [0.2, 0.25) is 0 Å². The van der Waals surface area contributed by atoms with Crippen molar-refractivity contribution in [3.8, 4) is 0 Å². The van der Waals surface area contributed by atoms with E-state index in [4.69, 9.17) is 0 Å². The highest BCUT2D eigenvalue weighted by Gasteiger charge is 2.08. The lowest BCUT2D eigenvalue weighted by atomic mass is 9.96. The van der Waals surface area contributed by atoms with Crippen LogP contribution in [0.5, 0.6) is 0 Å². The van der Waals surface area contributed by atoms with Crippen molar-refractivity contribution < 1.29 is 4.39 Å². The van der Waals surface area contributed by atoms with E-state index in [1.54, 1.807) is 18.3 Å². The Morgan fingerprint density at radius 3 is 2.78 bits per heavy atom. The Balaban J connectivity index is 1.65. The summed E-state index contributed by atoms with van der Waals surface area (Å²) < 4.78 is 12.9. The number of rotatable bonds is 5. The molecule has 1 unspecified atom stereocenters. The third kappa shape index (κ3) is 3.80. The number of nitrogens with zero attached hydrogens (tertiary/aromatic N) is 2. The van der Waals surface area contributed by atoms with Gasteiger partial charge < -0.3 is 4.98 Å². The minimum Gasteiger partial charge on any atom is -0.310 e. The molecule has 2 heterocycles. The average Bonchev–Trinajstić information content (AvgIpc) is 2.55. The molecule has 118 valence electrons. The fraction of sp³-hybridized carbons (Fsp3) is 0.278. The Kier molecular flexibility index (Phi) is 4.46. The Labute approximate surface area is 133 Å². The van der Waals surface area contributed by atoms with Gasteiger partial charge in [0.05, 0.1) is 5.39 Å². The highest BCUT2D eigenvalue weighted by Crippen LogP contribution is 2.14. The van der Waals surface area contributed by atoms with Crippen molar-refractivity contribution in [3.05, 3.63) is 70.2 Å². The first-order chi connectivity index (χ1) is 11.1. The molecule has 5 heteroatoms. The first-order valence-corrected chi connectivity index (χ1v) is 7.70. The van der Waals surface area contributed by atoms with Crippen molar-refractivity contribution in [2.45, 2.75) is 26.2 Å². The molecule has 0 fully saturated rings. The summed E-state index contributed by atoms with van der Waals surface area (Å²) in [6.45, 7) is 2.14. The molecule has 0 radical (unpaired) electrons. The molecular weight excluding hydrogens is 293 g/mol. The Morgan fingerprint density at radius 1 is 1.22 bits per heavy atom. The van der Waals surface area contributed by atoms with Crippen molar-refractivity contribution in [2.75, 3.05) is 0 Å². The van der Waals surface area contributed by atoms with Gasteiger partial charge in [-0.15, -0.1) is 0 Å². The highest BCUT2D eigenvalue weighted by atomic mass is 19.1. The van der Waals surface area contributed by atoms with Crippen LogP contribution in [0.4, 0.5) is 4.39 Å². The fourth-order valence-corrected chi connectivity index (χ4v) is 2.64. The maximum absolute atomic E-state index is 12.9. The number of aromatic nitrogens is 3. The predicted octanol–water partition coefficient (Wildman–Crippen LogP) is 3.27. The summed E-state index contributed by atoms with van der Waals surface area (Å²) >= 11 is 0. The van der Waals surface area contributed by atoms with Gasteiger partial charge in [-0.1, -0.05) is 19.1 Å². The number of hydrogen-bond donors (Lipinski definition) is 1. The van der Waals surface area contributed by atoms with Crippen LogP contribution >= 0.6 is 0 Å². The summed E-state index contributed by atoms with van der Waals surface area (Å²) in [6.07, 6.45) is 4.08. The van der Waals surface area contributed by atoms with Crippen LogP contribution in [0.3, 0.4) is 0 Å². The van der Waals surface area contributed by atoms with Crippen molar-refractivity contribution in [3.63, 3.8) is 0 Å². The van der Waals surface area contributed by atoms with Crippen molar-refractivity contribution >= 4 is 11.0 Å². The van der Waals surface area contributed by atoms with E-state index in [-0.39, 0.29) is 11.4 Å². The Morgan fingerprint density at radius 2 is 2.00 bits per heavy atom. The molecule has 1 N–H and O–H groups in total. The molecule has 0 spiro atoms. The van der Waals surface area contributed by atoms with E-state index >= 15 is 0 Å². The van der Waals surface area contributed by atoms with Gasteiger partial charge in [0, 0.05) is 12.6 Å². The van der Waals surface area contributed by atoms with Gasteiger partial charge in [0.1, 0.15) is 11.6 Å². The Hall–Kier alpha value is -2.56. The molecule has 1 atom stereocenters. The number of fused-ring (bicyclic) bond motifs is 1. The van der Waals surface area contributed by atoms with E-state index in [1.807, 2.05) is 12.1 Å². The summed E-state index contributed by atoms with van der Waals surface area (Å²) in [7, 11) is 0. The fourth-order valence-electron chi connectivity index (χ4n) is 2.64. The van der Waals surface area contributed by atoms with Crippen LogP contribution in [0.25, 0.3) is 11.0 Å². The topological polar surface area (TPSA) is 58.6 Å². The molecule has 0 aliphatic carbocycles. The summed E-state index contributed by atoms with van der Waals surface area (Å²) in [5, 5.41) is 0.510. The van der Waals surface area contributed by atoms with Crippen LogP contribution in [0.2, 0.25) is 0 Å². The Bertz CT molecular complexity index is 858. The molecular formula is C18H18FN3O. The maximum Gasteiger partial charge on any atom is 0.260 e. The standard InChI is InChI=1S/C18H18FN3O/c1-12(11-13-5-7-14(19)8-6-13)4-9-16-21-17-15(18(23)22-16)3-2-10-20-17/h2-3,5-8,10,12H,4,9,11H2,1H3,(H,20,21,22,23). The van der Waals surface area contributed by atoms with E-state index in [0.29, 0.717) is 29.2 Å². The molecule has 0 saturated carbocycles. The second-order valence-electron chi connectivity index (χ2n) is 5.86. The highest BCUT2D eigenvalue weighted by molar-refractivity contribution is 5.72. The molecule has 3 aromatic rings. The van der Waals surface area contributed by atoms with Gasteiger partial charge in [-0.3, -0.25) is 4.79 Å². The lowest BCUT2D eigenvalue weighted by Gasteiger charge is -2.11. The van der Waals surface area contributed by atoms with Crippen molar-refractivity contribution in [2.24, 2.45) is 5.92 Å². The number of hydrogen-bond acceptors (Lipinski definition) is 3. The van der Waals surface area contributed by atoms with Crippen LogP contribution < -0.4 is 5.56 Å². The van der Waals surface area contributed by atoms with Gasteiger partial charge in [-0.05, 0) is 48.6 Å². The average molecular weight is 311 g/mol. The van der Waals surface area contributed by atoms with Crippen LogP contribution in [-0.2, 0) is 12.8 Å². The zero-order chi connectivity index (χ0) is 16.2. The van der Waals surface area contributed by atoms with E-state index in [9.17, 15) is 9.18 Å². The summed E-state index contributed by atoms with van der Waals surface area (Å²) in [5.74, 6) is 0.851. The molecule has 2 aromatic heterocycles. The largest absolute Gasteiger partial charge is 0.310 e. The minimum absolute atomic E-state index is 0.149. The molecule has 4 nitrogen and oxygen atoms in total. The second-order valence-corrected chi connectivity index (χ2v) is 5.86. The van der Waals surface area contributed by atoms with Gasteiger partial charge in [-0.2, -0.15) is 0 Å². The second kappa shape index (κ2) is 6.69. The molecule has 0 aliphatic heterocycles. The van der Waals surface area contributed by atoms with E-state index in [1.165, 1.54) is 12.1 Å². The van der Waals surface area contributed by atoms with Crippen LogP contribution in [0.1, 0.15) is 24.7 Å². The number of pyridine rings is 1. The lowest BCUT2D eigenvalue weighted by molar-refractivity contribution is 0.521. The summed E-state index contributed by atoms with van der Waals surface area (Å²) in [4.78, 5) is 23.4. The zero-order valence-corrected chi connectivity index (χ0v) is 12.9. The monoisotopic (exact) mass is 311 g/mol. The quantitative estimate of drug-likeness (QED) is 0.786. The molecule has 0 saturated heterocycles. The number of halogens is 1. The number of nitrogens with one attached hydrogen (secondary N) is 1. The first kappa shape index (κ1) is 15.3. The van der Waals surface area contributed by atoms with E-state index in [0.717, 1.165) is 18.4 Å². The zero-order valence-electron chi connectivity index (χ0n) is 12.9. The van der Waals surface area contributed by atoms with Gasteiger partial charge in [0.15, 0.2) is 5.65 Å². The number of H-pyrrole nitrogens is 1.